The highest BCUT2D eigenvalue weighted by Crippen LogP contribution is 2.54. The first-order chi connectivity index (χ1) is 16.7. The van der Waals surface area contributed by atoms with E-state index in [0.29, 0.717) is 17.2 Å². The largest absolute Gasteiger partial charge is 0.487 e. The summed E-state index contributed by atoms with van der Waals surface area (Å²) in [5.41, 5.74) is 0.249. The molecule has 1 unspecified atom stereocenters. The van der Waals surface area contributed by atoms with Crippen LogP contribution in [0.1, 0.15) is 27.5 Å². The average Bonchev–Trinajstić information content (AvgIpc) is 3.34. The van der Waals surface area contributed by atoms with E-state index in [1.807, 2.05) is 0 Å². The number of nitrogens with zero attached hydrogens (tertiary/aromatic N) is 1. The number of rotatable bonds is 5. The van der Waals surface area contributed by atoms with Crippen LogP contribution in [0.2, 0.25) is 0 Å². The Kier molecular flexibility index (Phi) is 5.46. The molecule has 2 heterocycles. The summed E-state index contributed by atoms with van der Waals surface area (Å²) in [6, 6.07) is 11.9. The van der Waals surface area contributed by atoms with Gasteiger partial charge >= 0.3 is 12.2 Å². The van der Waals surface area contributed by atoms with Crippen LogP contribution in [0.4, 0.5) is 23.7 Å². The number of carbonyl (C=O) groups excluding carboxylic acids is 2. The molecule has 11 heteroatoms. The van der Waals surface area contributed by atoms with Gasteiger partial charge in [-0.3, -0.25) is 9.78 Å². The molecule has 35 heavy (non-hydrogen) atoms. The molecule has 1 aromatic heterocycles. The first kappa shape index (κ1) is 22.5. The molecule has 5 rings (SSSR count). The zero-order chi connectivity index (χ0) is 24.7. The van der Waals surface area contributed by atoms with E-state index in [9.17, 15) is 22.8 Å². The van der Waals surface area contributed by atoms with Crippen molar-refractivity contribution in [2.24, 2.45) is 0 Å². The maximum Gasteiger partial charge on any atom is 0.416 e. The van der Waals surface area contributed by atoms with E-state index in [2.05, 4.69) is 20.9 Å². The molecule has 1 aliphatic carbocycles. The topological polar surface area (TPSA) is 102 Å². The highest BCUT2D eigenvalue weighted by Gasteiger charge is 2.59. The van der Waals surface area contributed by atoms with Gasteiger partial charge in [-0.25, -0.2) is 4.79 Å². The number of pyridine rings is 1. The third kappa shape index (κ3) is 4.57. The highest BCUT2D eigenvalue weighted by molar-refractivity contribution is 5.92. The van der Waals surface area contributed by atoms with Crippen molar-refractivity contribution in [3.63, 3.8) is 0 Å². The maximum absolute atomic E-state index is 12.9. The normalized spacial score (nSPS) is 19.6. The molecular weight excluding hydrogens is 465 g/mol. The molecule has 1 saturated carbocycles. The van der Waals surface area contributed by atoms with Crippen LogP contribution in [0.5, 0.6) is 17.2 Å². The number of carbonyl (C=O) groups is 2. The van der Waals surface area contributed by atoms with Crippen molar-refractivity contribution in [3.05, 3.63) is 77.6 Å². The van der Waals surface area contributed by atoms with Crippen LogP contribution in [0.3, 0.4) is 0 Å². The van der Waals surface area contributed by atoms with E-state index < -0.39 is 17.8 Å². The Morgan fingerprint density at radius 2 is 1.86 bits per heavy atom. The summed E-state index contributed by atoms with van der Waals surface area (Å²) >= 11 is 0. The first-order valence-electron chi connectivity index (χ1n) is 10.6. The Balaban J connectivity index is 1.23. The zero-order valence-electron chi connectivity index (χ0n) is 18.2. The van der Waals surface area contributed by atoms with E-state index in [-0.39, 0.29) is 35.4 Å². The number of halogens is 3. The van der Waals surface area contributed by atoms with Crippen LogP contribution < -0.4 is 25.4 Å². The molecule has 2 aliphatic rings. The minimum atomic E-state index is -4.50. The number of fused-ring (bicyclic) bond motifs is 3. The van der Waals surface area contributed by atoms with Crippen molar-refractivity contribution < 1.29 is 32.2 Å². The molecular formula is C24H19F3N4O4. The number of hydrogen-bond acceptors (Lipinski definition) is 5. The molecule has 8 nitrogen and oxygen atoms in total. The number of amides is 3. The lowest BCUT2D eigenvalue weighted by Gasteiger charge is -2.13. The fraction of sp³-hybridized carbons (Fsp3) is 0.208. The summed E-state index contributed by atoms with van der Waals surface area (Å²) < 4.78 is 50.4. The van der Waals surface area contributed by atoms with Gasteiger partial charge in [0.2, 0.25) is 0 Å². The number of anilines is 1. The Bertz CT molecular complexity index is 1310. The maximum atomic E-state index is 12.9. The van der Waals surface area contributed by atoms with Crippen LogP contribution in [0, 0.1) is 0 Å². The Hall–Kier alpha value is -4.28. The van der Waals surface area contributed by atoms with Gasteiger partial charge in [0, 0.05) is 30.6 Å². The SMILES string of the molecule is CNC(=O)c1cc(Oc2ccc3c(c2)[C@H]2C(NC(=O)Nc4cccc(C(F)(F)F)c4)[C@H]2O3)ccn1. The number of aromatic nitrogens is 1. The molecule has 3 aromatic rings. The molecule has 180 valence electrons. The molecule has 0 bridgehead atoms. The minimum Gasteiger partial charge on any atom is -0.487 e. The van der Waals surface area contributed by atoms with Crippen LogP contribution in [-0.4, -0.2) is 36.1 Å². The summed E-state index contributed by atoms with van der Waals surface area (Å²) in [7, 11) is 1.51. The van der Waals surface area contributed by atoms with Gasteiger partial charge in [-0.05, 0) is 42.5 Å². The molecule has 0 radical (unpaired) electrons. The molecule has 0 spiro atoms. The fourth-order valence-corrected chi connectivity index (χ4v) is 4.03. The quantitative estimate of drug-likeness (QED) is 0.501. The van der Waals surface area contributed by atoms with Crippen LogP contribution in [-0.2, 0) is 6.18 Å². The Morgan fingerprint density at radius 3 is 2.63 bits per heavy atom. The lowest BCUT2D eigenvalue weighted by Crippen LogP contribution is -2.34. The lowest BCUT2D eigenvalue weighted by molar-refractivity contribution is -0.137. The predicted octanol–water partition coefficient (Wildman–Crippen LogP) is 4.30. The van der Waals surface area contributed by atoms with E-state index in [1.165, 1.54) is 31.4 Å². The molecule has 2 aromatic carbocycles. The van der Waals surface area contributed by atoms with Crippen molar-refractivity contribution >= 4 is 17.6 Å². The second-order valence-electron chi connectivity index (χ2n) is 8.07. The summed E-state index contributed by atoms with van der Waals surface area (Å²) in [5, 5.41) is 7.68. The number of benzene rings is 2. The van der Waals surface area contributed by atoms with Crippen LogP contribution in [0.25, 0.3) is 0 Å². The number of ether oxygens (including phenoxy) is 2. The van der Waals surface area contributed by atoms with Crippen molar-refractivity contribution in [2.75, 3.05) is 12.4 Å². The monoisotopic (exact) mass is 484 g/mol. The van der Waals surface area contributed by atoms with Gasteiger partial charge < -0.3 is 25.4 Å². The van der Waals surface area contributed by atoms with Crippen molar-refractivity contribution in [1.29, 1.82) is 0 Å². The van der Waals surface area contributed by atoms with Gasteiger partial charge in [0.15, 0.2) is 0 Å². The standard InChI is InChI=1S/C24H19F3N4O4/c1-28-22(32)17-11-15(7-8-29-17)34-14-5-6-18-16(10-14)19-20(21(19)35-18)31-23(33)30-13-4-2-3-12(9-13)24(25,26)27/h2-11,19-21H,1H3,(H,28,32)(H2,30,31,33)/t19-,20?,21-/m0/s1. The number of nitrogens with one attached hydrogen (secondary N) is 3. The number of urea groups is 1. The summed E-state index contributed by atoms with van der Waals surface area (Å²) in [6.45, 7) is 0. The van der Waals surface area contributed by atoms with E-state index in [1.54, 1.807) is 24.3 Å². The van der Waals surface area contributed by atoms with E-state index in [0.717, 1.165) is 17.7 Å². The predicted molar refractivity (Wildman–Crippen MR) is 119 cm³/mol. The van der Waals surface area contributed by atoms with E-state index in [4.69, 9.17) is 9.47 Å². The average molecular weight is 484 g/mol. The van der Waals surface area contributed by atoms with Gasteiger partial charge in [-0.15, -0.1) is 0 Å². The lowest BCUT2D eigenvalue weighted by atomic mass is 10.1. The second kappa shape index (κ2) is 8.49. The van der Waals surface area contributed by atoms with Crippen LogP contribution in [0.15, 0.2) is 60.8 Å². The van der Waals surface area contributed by atoms with Crippen LogP contribution >= 0.6 is 0 Å². The second-order valence-corrected chi connectivity index (χ2v) is 8.07. The molecule has 3 N–H and O–H groups in total. The van der Waals surface area contributed by atoms with Gasteiger partial charge in [-0.1, -0.05) is 6.07 Å². The third-order valence-corrected chi connectivity index (χ3v) is 5.73. The number of alkyl halides is 3. The molecule has 1 fully saturated rings. The highest BCUT2D eigenvalue weighted by atomic mass is 19.4. The smallest absolute Gasteiger partial charge is 0.416 e. The molecule has 0 saturated heterocycles. The number of hydrogen-bond donors (Lipinski definition) is 3. The van der Waals surface area contributed by atoms with E-state index >= 15 is 0 Å². The summed E-state index contributed by atoms with van der Waals surface area (Å²) in [6.07, 6.45) is -3.30. The molecule has 3 amide bonds. The molecule has 3 atom stereocenters. The summed E-state index contributed by atoms with van der Waals surface area (Å²) in [5.74, 6) is 1.17. The van der Waals surface area contributed by atoms with Gasteiger partial charge in [-0.2, -0.15) is 13.2 Å². The summed E-state index contributed by atoms with van der Waals surface area (Å²) in [4.78, 5) is 28.1. The van der Waals surface area contributed by atoms with Gasteiger partial charge in [0.1, 0.15) is 29.0 Å². The van der Waals surface area contributed by atoms with Crippen molar-refractivity contribution in [2.45, 2.75) is 24.2 Å². The minimum absolute atomic E-state index is 0.0358. The van der Waals surface area contributed by atoms with Crippen molar-refractivity contribution in [3.8, 4) is 17.2 Å². The molecule has 1 aliphatic heterocycles. The van der Waals surface area contributed by atoms with Crippen molar-refractivity contribution in [1.82, 2.24) is 15.6 Å². The Morgan fingerprint density at radius 1 is 1.06 bits per heavy atom. The van der Waals surface area contributed by atoms with Gasteiger partial charge in [0.25, 0.3) is 5.91 Å². The Labute approximate surface area is 197 Å². The first-order valence-corrected chi connectivity index (χ1v) is 10.6. The zero-order valence-corrected chi connectivity index (χ0v) is 18.2. The van der Waals surface area contributed by atoms with Gasteiger partial charge in [0.05, 0.1) is 17.5 Å². The third-order valence-electron chi connectivity index (χ3n) is 5.73. The fourth-order valence-electron chi connectivity index (χ4n) is 4.03.